The molecule has 0 aliphatic carbocycles. The van der Waals surface area contributed by atoms with Crippen LogP contribution < -0.4 is 10.6 Å². The van der Waals surface area contributed by atoms with Crippen LogP contribution >= 0.6 is 11.3 Å². The summed E-state index contributed by atoms with van der Waals surface area (Å²) < 4.78 is 3.02. The predicted octanol–water partition coefficient (Wildman–Crippen LogP) is 3.29. The lowest BCUT2D eigenvalue weighted by atomic mass is 10.1. The van der Waals surface area contributed by atoms with E-state index in [2.05, 4.69) is 20.6 Å². The zero-order valence-electron chi connectivity index (χ0n) is 18.1. The summed E-state index contributed by atoms with van der Waals surface area (Å²) in [6.07, 6.45) is 7.50. The van der Waals surface area contributed by atoms with E-state index in [0.29, 0.717) is 17.8 Å². The number of carbonyl (C=O) groups is 1. The number of amides is 1. The van der Waals surface area contributed by atoms with Gasteiger partial charge < -0.3 is 20.1 Å². The van der Waals surface area contributed by atoms with Crippen molar-refractivity contribution in [2.24, 2.45) is 7.05 Å². The number of imidazole rings is 1. The Morgan fingerprint density at radius 3 is 2.75 bits per heavy atom. The molecular weight excluding hydrogens is 422 g/mol. The average Bonchev–Trinajstić information content (AvgIpc) is 3.40. The molecule has 0 fully saturated rings. The van der Waals surface area contributed by atoms with E-state index in [9.17, 15) is 4.79 Å². The van der Waals surface area contributed by atoms with E-state index in [-0.39, 0.29) is 5.91 Å². The Labute approximate surface area is 189 Å². The minimum atomic E-state index is -0.0744. The van der Waals surface area contributed by atoms with Gasteiger partial charge in [0.05, 0.1) is 17.4 Å². The molecule has 0 spiro atoms. The molecule has 32 heavy (non-hydrogen) atoms. The molecule has 0 radical (unpaired) electrons. The highest BCUT2D eigenvalue weighted by atomic mass is 32.1. The summed E-state index contributed by atoms with van der Waals surface area (Å²) in [6, 6.07) is 8.11. The van der Waals surface area contributed by atoms with Crippen molar-refractivity contribution in [1.82, 2.24) is 29.7 Å². The molecule has 0 unspecified atom stereocenters. The van der Waals surface area contributed by atoms with Gasteiger partial charge in [0.1, 0.15) is 15.2 Å². The molecule has 1 aliphatic rings. The van der Waals surface area contributed by atoms with Gasteiger partial charge in [-0.1, -0.05) is 36.4 Å². The molecule has 2 N–H and O–H groups in total. The van der Waals surface area contributed by atoms with Gasteiger partial charge in [-0.25, -0.2) is 15.0 Å². The van der Waals surface area contributed by atoms with Crippen LogP contribution in [0.2, 0.25) is 0 Å². The molecule has 4 heterocycles. The Kier molecular flexibility index (Phi) is 5.10. The molecule has 1 aromatic carbocycles. The van der Waals surface area contributed by atoms with Gasteiger partial charge in [-0.15, -0.1) is 11.3 Å². The quantitative estimate of drug-likeness (QED) is 0.490. The third-order valence-electron chi connectivity index (χ3n) is 5.41. The number of thiazole rings is 1. The molecular formula is C23H23N7OS. The number of nitrogens with one attached hydrogen (secondary N) is 2. The van der Waals surface area contributed by atoms with Crippen molar-refractivity contribution < 1.29 is 4.79 Å². The minimum Gasteiger partial charge on any atom is -0.376 e. The summed E-state index contributed by atoms with van der Waals surface area (Å²) in [5.41, 5.74) is 5.29. The number of hydrogen-bond acceptors (Lipinski definition) is 7. The molecule has 1 amide bonds. The summed E-state index contributed by atoms with van der Waals surface area (Å²) in [4.78, 5) is 28.3. The number of benzene rings is 1. The molecule has 5 rings (SSSR count). The predicted molar refractivity (Wildman–Crippen MR) is 128 cm³/mol. The first-order chi connectivity index (χ1) is 15.5. The third-order valence-corrected chi connectivity index (χ3v) is 6.51. The highest BCUT2D eigenvalue weighted by molar-refractivity contribution is 7.22. The van der Waals surface area contributed by atoms with Crippen LogP contribution in [0, 0.1) is 0 Å². The molecule has 4 aromatic rings. The summed E-state index contributed by atoms with van der Waals surface area (Å²) >= 11 is 1.61. The van der Waals surface area contributed by atoms with E-state index >= 15 is 0 Å². The van der Waals surface area contributed by atoms with Crippen molar-refractivity contribution in [1.29, 1.82) is 0 Å². The van der Waals surface area contributed by atoms with E-state index in [1.165, 1.54) is 0 Å². The molecule has 9 heteroatoms. The molecule has 0 bridgehead atoms. The molecule has 8 nitrogen and oxygen atoms in total. The van der Waals surface area contributed by atoms with Crippen LogP contribution in [-0.4, -0.2) is 51.0 Å². The number of anilines is 1. The molecule has 0 atom stereocenters. The van der Waals surface area contributed by atoms with Crippen LogP contribution in [0.15, 0.2) is 54.5 Å². The largest absolute Gasteiger partial charge is 0.376 e. The average molecular weight is 446 g/mol. The summed E-state index contributed by atoms with van der Waals surface area (Å²) in [7, 11) is 5.77. The first-order valence-corrected chi connectivity index (χ1v) is 11.1. The van der Waals surface area contributed by atoms with E-state index in [0.717, 1.165) is 44.2 Å². The maximum atomic E-state index is 12.4. The van der Waals surface area contributed by atoms with Gasteiger partial charge in [-0.3, -0.25) is 4.79 Å². The number of carbonyl (C=O) groups excluding carboxylic acids is 1. The topological polar surface area (TPSA) is 88.0 Å². The fourth-order valence-corrected chi connectivity index (χ4v) is 4.83. The second-order valence-corrected chi connectivity index (χ2v) is 8.74. The van der Waals surface area contributed by atoms with Gasteiger partial charge >= 0.3 is 0 Å². The zero-order valence-corrected chi connectivity index (χ0v) is 18.9. The van der Waals surface area contributed by atoms with Crippen LogP contribution in [0.5, 0.6) is 0 Å². The van der Waals surface area contributed by atoms with Crippen molar-refractivity contribution in [2.75, 3.05) is 26.0 Å². The molecule has 0 saturated carbocycles. The smallest absolute Gasteiger partial charge is 0.253 e. The number of likely N-dealkylation sites (N-methyl/N-ethyl adjacent to an activating group) is 1. The number of aryl methyl sites for hydroxylation is 1. The van der Waals surface area contributed by atoms with Crippen LogP contribution in [0.4, 0.5) is 5.82 Å². The highest BCUT2D eigenvalue weighted by Crippen LogP contribution is 2.35. The summed E-state index contributed by atoms with van der Waals surface area (Å²) in [6.45, 7) is 1.29. The lowest BCUT2D eigenvalue weighted by Crippen LogP contribution is -2.27. The number of hydrogen-bond donors (Lipinski definition) is 2. The second kappa shape index (κ2) is 8.08. The van der Waals surface area contributed by atoms with Gasteiger partial charge in [-0.05, 0) is 5.56 Å². The van der Waals surface area contributed by atoms with Gasteiger partial charge in [0.25, 0.3) is 5.91 Å². The van der Waals surface area contributed by atoms with Crippen LogP contribution in [-0.2, 0) is 18.4 Å². The summed E-state index contributed by atoms with van der Waals surface area (Å²) in [5, 5.41) is 7.00. The van der Waals surface area contributed by atoms with Crippen molar-refractivity contribution in [3.8, 4) is 10.6 Å². The fourth-order valence-electron chi connectivity index (χ4n) is 3.73. The van der Waals surface area contributed by atoms with Crippen LogP contribution in [0.25, 0.3) is 32.0 Å². The minimum absolute atomic E-state index is 0.0744. The zero-order chi connectivity index (χ0) is 22.2. The standard InChI is InChI=1S/C23H23N7OS/c1-24-20-17-18(30(3)13-26-17)19-21(27-20)28-23(32-19)15-8-6-14(7-9-15)11-25-22(31)16-5-4-10-29(2)12-16/h4-9,12-13H,10-11H2,1-3H3,(H,24,27)(H,25,31). The van der Waals surface area contributed by atoms with Crippen molar-refractivity contribution in [3.05, 3.63) is 60.1 Å². The number of rotatable bonds is 5. The van der Waals surface area contributed by atoms with Crippen molar-refractivity contribution in [2.45, 2.75) is 6.54 Å². The molecule has 162 valence electrons. The molecule has 0 saturated heterocycles. The van der Waals surface area contributed by atoms with Gasteiger partial charge in [0.2, 0.25) is 0 Å². The van der Waals surface area contributed by atoms with Crippen molar-refractivity contribution in [3.63, 3.8) is 0 Å². The number of fused-ring (bicyclic) bond motifs is 3. The Balaban J connectivity index is 1.37. The first-order valence-electron chi connectivity index (χ1n) is 10.3. The van der Waals surface area contributed by atoms with Gasteiger partial charge in [0, 0.05) is 46.0 Å². The normalized spacial score (nSPS) is 13.6. The Morgan fingerprint density at radius 1 is 1.19 bits per heavy atom. The fraction of sp³-hybridized carbons (Fsp3) is 0.217. The number of aromatic nitrogens is 4. The SMILES string of the molecule is CNc1nc2nc(-c3ccc(CNC(=O)C4=CN(C)CC=C4)cc3)sc2c2c1ncn2C. The molecule has 3 aromatic heterocycles. The number of nitrogens with zero attached hydrogens (tertiary/aromatic N) is 5. The Hall–Kier alpha value is -3.72. The van der Waals surface area contributed by atoms with Gasteiger partial charge in [-0.2, -0.15) is 0 Å². The Bertz CT molecular complexity index is 1380. The lowest BCUT2D eigenvalue weighted by Gasteiger charge is -2.17. The maximum Gasteiger partial charge on any atom is 0.253 e. The van der Waals surface area contributed by atoms with E-state index in [4.69, 9.17) is 4.98 Å². The van der Waals surface area contributed by atoms with E-state index < -0.39 is 0 Å². The maximum absolute atomic E-state index is 12.4. The van der Waals surface area contributed by atoms with Crippen LogP contribution in [0.3, 0.4) is 0 Å². The van der Waals surface area contributed by atoms with Gasteiger partial charge in [0.15, 0.2) is 11.5 Å². The lowest BCUT2D eigenvalue weighted by molar-refractivity contribution is -0.117. The summed E-state index contributed by atoms with van der Waals surface area (Å²) in [5.74, 6) is 0.653. The van der Waals surface area contributed by atoms with E-state index in [1.807, 2.05) is 73.2 Å². The Morgan fingerprint density at radius 2 is 2.00 bits per heavy atom. The number of pyridine rings is 1. The van der Waals surface area contributed by atoms with E-state index in [1.54, 1.807) is 17.7 Å². The second-order valence-electron chi connectivity index (χ2n) is 7.74. The first kappa shape index (κ1) is 20.2. The monoisotopic (exact) mass is 445 g/mol. The van der Waals surface area contributed by atoms with Crippen molar-refractivity contribution >= 4 is 44.4 Å². The third kappa shape index (κ3) is 3.60. The van der Waals surface area contributed by atoms with Crippen LogP contribution in [0.1, 0.15) is 5.56 Å². The molecule has 1 aliphatic heterocycles. The highest BCUT2D eigenvalue weighted by Gasteiger charge is 2.17.